The van der Waals surface area contributed by atoms with Crippen LogP contribution in [0.4, 0.5) is 0 Å². The van der Waals surface area contributed by atoms with Gasteiger partial charge in [-0.3, -0.25) is 5.10 Å². The first-order valence-electron chi connectivity index (χ1n) is 8.06. The molecule has 1 saturated heterocycles. The minimum atomic E-state index is -3.50. The summed E-state index contributed by atoms with van der Waals surface area (Å²) in [5, 5.41) is 7.95. The Morgan fingerprint density at radius 2 is 2.04 bits per heavy atom. The number of fused-ring (bicyclic) bond motifs is 1. The molecule has 1 aromatic carbocycles. The van der Waals surface area contributed by atoms with E-state index in [1.807, 2.05) is 18.2 Å². The molecule has 2 aromatic heterocycles. The van der Waals surface area contributed by atoms with Crippen LogP contribution in [0.15, 0.2) is 35.2 Å². The van der Waals surface area contributed by atoms with E-state index in [4.69, 9.17) is 0 Å². The highest BCUT2D eigenvalue weighted by Gasteiger charge is 2.36. The zero-order chi connectivity index (χ0) is 16.9. The Morgan fingerprint density at radius 1 is 1.25 bits per heavy atom. The molecule has 2 N–H and O–H groups in total. The van der Waals surface area contributed by atoms with Gasteiger partial charge in [-0.25, -0.2) is 8.42 Å². The minimum absolute atomic E-state index is 0.194. The Kier molecular flexibility index (Phi) is 3.51. The number of rotatable bonds is 3. The van der Waals surface area contributed by atoms with Crippen LogP contribution in [0.3, 0.4) is 0 Å². The number of H-pyrrole nitrogens is 2. The van der Waals surface area contributed by atoms with Crippen LogP contribution >= 0.6 is 0 Å². The third kappa shape index (κ3) is 2.35. The van der Waals surface area contributed by atoms with Gasteiger partial charge in [0.25, 0.3) is 0 Å². The average Bonchev–Trinajstić information content (AvgIpc) is 3.24. The minimum Gasteiger partial charge on any atom is -0.358 e. The average molecular weight is 344 g/mol. The van der Waals surface area contributed by atoms with Crippen molar-refractivity contribution >= 4 is 20.9 Å². The van der Waals surface area contributed by atoms with Crippen LogP contribution in [0.5, 0.6) is 0 Å². The first-order valence-corrected chi connectivity index (χ1v) is 9.50. The lowest BCUT2D eigenvalue weighted by Crippen LogP contribution is -2.29. The summed E-state index contributed by atoms with van der Waals surface area (Å²) in [6.07, 6.45) is 0.821. The van der Waals surface area contributed by atoms with Gasteiger partial charge >= 0.3 is 0 Å². The van der Waals surface area contributed by atoms with Gasteiger partial charge in [0, 0.05) is 30.2 Å². The Hall–Kier alpha value is -2.12. The molecular weight excluding hydrogens is 324 g/mol. The number of aromatic amines is 2. The van der Waals surface area contributed by atoms with Gasteiger partial charge in [-0.1, -0.05) is 18.2 Å². The van der Waals surface area contributed by atoms with Gasteiger partial charge in [-0.05, 0) is 37.8 Å². The van der Waals surface area contributed by atoms with E-state index in [9.17, 15) is 8.42 Å². The van der Waals surface area contributed by atoms with Gasteiger partial charge in [0.2, 0.25) is 10.0 Å². The largest absolute Gasteiger partial charge is 0.358 e. The van der Waals surface area contributed by atoms with E-state index in [-0.39, 0.29) is 5.92 Å². The summed E-state index contributed by atoms with van der Waals surface area (Å²) < 4.78 is 27.5. The van der Waals surface area contributed by atoms with Crippen LogP contribution < -0.4 is 0 Å². The van der Waals surface area contributed by atoms with Crippen molar-refractivity contribution in [3.63, 3.8) is 0 Å². The first-order chi connectivity index (χ1) is 11.5. The highest BCUT2D eigenvalue weighted by molar-refractivity contribution is 7.89. The molecule has 126 valence electrons. The third-order valence-corrected chi connectivity index (χ3v) is 6.93. The second kappa shape index (κ2) is 5.46. The van der Waals surface area contributed by atoms with Gasteiger partial charge in [-0.2, -0.15) is 9.40 Å². The van der Waals surface area contributed by atoms with Crippen LogP contribution in [0.1, 0.15) is 29.4 Å². The molecule has 0 radical (unpaired) electrons. The Balaban J connectivity index is 1.62. The fraction of sp³-hybridized carbons (Fsp3) is 0.353. The summed E-state index contributed by atoms with van der Waals surface area (Å²) in [6.45, 7) is 4.51. The number of sulfonamides is 1. The molecule has 24 heavy (non-hydrogen) atoms. The molecular formula is C17H20N4O2S. The normalized spacial score (nSPS) is 19.3. The standard InChI is InChI=1S/C17H20N4O2S/c1-11-17(12(2)20-19-11)24(22,23)21-8-7-14(10-21)16-9-13-5-3-4-6-15(13)18-16/h3-6,9,14,18H,7-8,10H2,1-2H3,(H,19,20). The maximum absolute atomic E-state index is 12.9. The van der Waals surface area contributed by atoms with Crippen LogP contribution in [0.2, 0.25) is 0 Å². The van der Waals surface area contributed by atoms with Crippen molar-refractivity contribution in [3.8, 4) is 0 Å². The van der Waals surface area contributed by atoms with Gasteiger partial charge in [0.05, 0.1) is 11.4 Å². The van der Waals surface area contributed by atoms with Gasteiger partial charge < -0.3 is 4.98 Å². The highest BCUT2D eigenvalue weighted by Crippen LogP contribution is 2.33. The van der Waals surface area contributed by atoms with Crippen LogP contribution in [0.25, 0.3) is 10.9 Å². The summed E-state index contributed by atoms with van der Waals surface area (Å²) in [4.78, 5) is 3.75. The SMILES string of the molecule is Cc1n[nH]c(C)c1S(=O)(=O)N1CCC(c2cc3ccccc3[nH]2)C1. The lowest BCUT2D eigenvalue weighted by molar-refractivity contribution is 0.471. The molecule has 0 bridgehead atoms. The van der Waals surface area contributed by atoms with E-state index in [2.05, 4.69) is 27.3 Å². The zero-order valence-corrected chi connectivity index (χ0v) is 14.5. The third-order valence-electron chi connectivity index (χ3n) is 4.80. The second-order valence-corrected chi connectivity index (χ2v) is 8.30. The van der Waals surface area contributed by atoms with Gasteiger partial charge in [0.15, 0.2) is 0 Å². The number of nitrogens with one attached hydrogen (secondary N) is 2. The molecule has 1 aliphatic rings. The predicted octanol–water partition coefficient (Wildman–Crippen LogP) is 2.69. The van der Waals surface area contributed by atoms with Crippen molar-refractivity contribution in [3.05, 3.63) is 47.4 Å². The molecule has 4 rings (SSSR count). The second-order valence-electron chi connectivity index (χ2n) is 6.42. The summed E-state index contributed by atoms with van der Waals surface area (Å²) in [5.74, 6) is 0.194. The number of hydrogen-bond donors (Lipinski definition) is 2. The van der Waals surface area contributed by atoms with Crippen LogP contribution in [-0.2, 0) is 10.0 Å². The number of nitrogens with zero attached hydrogens (tertiary/aromatic N) is 2. The van der Waals surface area contributed by atoms with Crippen LogP contribution in [0, 0.1) is 13.8 Å². The van der Waals surface area contributed by atoms with E-state index in [1.165, 1.54) is 0 Å². The zero-order valence-electron chi connectivity index (χ0n) is 13.7. The fourth-order valence-electron chi connectivity index (χ4n) is 3.57. The molecule has 1 unspecified atom stereocenters. The van der Waals surface area contributed by atoms with Crippen LogP contribution in [-0.4, -0.2) is 41.0 Å². The lowest BCUT2D eigenvalue weighted by Gasteiger charge is -2.16. The number of benzene rings is 1. The smallest absolute Gasteiger partial charge is 0.246 e. The van der Waals surface area contributed by atoms with Crippen molar-refractivity contribution in [2.45, 2.75) is 31.1 Å². The van der Waals surface area contributed by atoms with Crippen molar-refractivity contribution in [2.75, 3.05) is 13.1 Å². The maximum atomic E-state index is 12.9. The molecule has 6 nitrogen and oxygen atoms in total. The number of hydrogen-bond acceptors (Lipinski definition) is 3. The summed E-state index contributed by atoms with van der Waals surface area (Å²) in [5.41, 5.74) is 3.33. The van der Waals surface area contributed by atoms with E-state index in [0.717, 1.165) is 23.0 Å². The van der Waals surface area contributed by atoms with E-state index < -0.39 is 10.0 Å². The van der Waals surface area contributed by atoms with Gasteiger partial charge in [-0.15, -0.1) is 0 Å². The molecule has 1 atom stereocenters. The Morgan fingerprint density at radius 3 is 2.75 bits per heavy atom. The lowest BCUT2D eigenvalue weighted by atomic mass is 10.1. The van der Waals surface area contributed by atoms with Crippen molar-refractivity contribution < 1.29 is 8.42 Å². The van der Waals surface area contributed by atoms with Crippen molar-refractivity contribution in [1.29, 1.82) is 0 Å². The Labute approximate surface area is 140 Å². The summed E-state index contributed by atoms with van der Waals surface area (Å²) >= 11 is 0. The van der Waals surface area contributed by atoms with E-state index in [1.54, 1.807) is 18.2 Å². The summed E-state index contributed by atoms with van der Waals surface area (Å²) in [7, 11) is -3.50. The summed E-state index contributed by atoms with van der Waals surface area (Å²) in [6, 6.07) is 10.2. The molecule has 0 spiro atoms. The molecule has 1 aliphatic heterocycles. The molecule has 3 aromatic rings. The number of aromatic nitrogens is 3. The number of aryl methyl sites for hydroxylation is 2. The molecule has 3 heterocycles. The predicted molar refractivity (Wildman–Crippen MR) is 92.5 cm³/mol. The first kappa shape index (κ1) is 15.4. The van der Waals surface area contributed by atoms with Crippen molar-refractivity contribution in [1.82, 2.24) is 19.5 Å². The molecule has 0 aliphatic carbocycles. The van der Waals surface area contributed by atoms with E-state index >= 15 is 0 Å². The highest BCUT2D eigenvalue weighted by atomic mass is 32.2. The monoisotopic (exact) mass is 344 g/mol. The molecule has 7 heteroatoms. The van der Waals surface area contributed by atoms with Gasteiger partial charge in [0.1, 0.15) is 4.90 Å². The molecule has 0 saturated carbocycles. The van der Waals surface area contributed by atoms with E-state index in [0.29, 0.717) is 29.4 Å². The topological polar surface area (TPSA) is 81.8 Å². The molecule has 0 amide bonds. The van der Waals surface area contributed by atoms with Crippen molar-refractivity contribution in [2.24, 2.45) is 0 Å². The number of para-hydroxylation sites is 1. The maximum Gasteiger partial charge on any atom is 0.246 e. The quantitative estimate of drug-likeness (QED) is 0.766. The Bertz CT molecular complexity index is 950. The fourth-order valence-corrected chi connectivity index (χ4v) is 5.40. The molecule has 1 fully saturated rings.